The Morgan fingerprint density at radius 1 is 1.28 bits per heavy atom. The zero-order chi connectivity index (χ0) is 12.8. The summed E-state index contributed by atoms with van der Waals surface area (Å²) in [5.41, 5.74) is 1.62. The van der Waals surface area contributed by atoms with E-state index in [1.54, 1.807) is 12.3 Å². The number of hydrogen-bond acceptors (Lipinski definition) is 4. The average molecular weight is 264 g/mol. The maximum atomic E-state index is 10.00. The summed E-state index contributed by atoms with van der Waals surface area (Å²) in [6.07, 6.45) is 2.57. The maximum absolute atomic E-state index is 10.00. The molecule has 4 nitrogen and oxygen atoms in total. The third kappa shape index (κ3) is 3.50. The number of hydrogen-bond donors (Lipinski definition) is 2. The van der Waals surface area contributed by atoms with Crippen LogP contribution < -0.4 is 5.32 Å². The second-order valence-corrected chi connectivity index (χ2v) is 4.28. The Kier molecular flexibility index (Phi) is 4.64. The minimum atomic E-state index is -0.625. The molecule has 1 unspecified atom stereocenters. The number of aliphatic hydroxyl groups is 1. The van der Waals surface area contributed by atoms with Gasteiger partial charge in [-0.3, -0.25) is 0 Å². The fourth-order valence-electron chi connectivity index (χ4n) is 1.61. The minimum Gasteiger partial charge on any atom is -0.387 e. The van der Waals surface area contributed by atoms with Crippen molar-refractivity contribution in [2.75, 3.05) is 6.54 Å². The van der Waals surface area contributed by atoms with E-state index in [2.05, 4.69) is 15.3 Å². The van der Waals surface area contributed by atoms with Gasteiger partial charge >= 0.3 is 0 Å². The standard InChI is InChI=1S/C13H14ClN3O/c14-12-4-2-1-3-11(12)13(18)8-16-7-10-5-6-15-9-17-10/h1-6,9,13,16,18H,7-8H2. The molecule has 0 fully saturated rings. The second-order valence-electron chi connectivity index (χ2n) is 3.87. The summed E-state index contributed by atoms with van der Waals surface area (Å²) in [5.74, 6) is 0. The molecule has 0 radical (unpaired) electrons. The van der Waals surface area contributed by atoms with Crippen LogP contribution in [0.2, 0.25) is 5.02 Å². The molecule has 2 aromatic rings. The summed E-state index contributed by atoms with van der Waals surface area (Å²) < 4.78 is 0. The van der Waals surface area contributed by atoms with Crippen LogP contribution in [0.25, 0.3) is 0 Å². The van der Waals surface area contributed by atoms with Crippen molar-refractivity contribution in [3.05, 3.63) is 59.1 Å². The Morgan fingerprint density at radius 3 is 2.83 bits per heavy atom. The molecular weight excluding hydrogens is 250 g/mol. The fourth-order valence-corrected chi connectivity index (χ4v) is 1.88. The molecule has 0 bridgehead atoms. The predicted molar refractivity (Wildman–Crippen MR) is 70.2 cm³/mol. The highest BCUT2D eigenvalue weighted by Gasteiger charge is 2.10. The van der Waals surface area contributed by atoms with Crippen LogP contribution in [0.4, 0.5) is 0 Å². The number of halogens is 1. The molecule has 0 saturated carbocycles. The van der Waals surface area contributed by atoms with Gasteiger partial charge in [-0.25, -0.2) is 9.97 Å². The first-order valence-electron chi connectivity index (χ1n) is 5.65. The van der Waals surface area contributed by atoms with E-state index in [0.717, 1.165) is 11.3 Å². The molecule has 18 heavy (non-hydrogen) atoms. The van der Waals surface area contributed by atoms with Crippen molar-refractivity contribution in [2.24, 2.45) is 0 Å². The molecule has 1 aromatic carbocycles. The lowest BCUT2D eigenvalue weighted by Gasteiger charge is -2.13. The van der Waals surface area contributed by atoms with Gasteiger partial charge in [0.1, 0.15) is 6.33 Å². The lowest BCUT2D eigenvalue weighted by molar-refractivity contribution is 0.174. The van der Waals surface area contributed by atoms with E-state index in [9.17, 15) is 5.11 Å². The quantitative estimate of drug-likeness (QED) is 0.866. The number of rotatable bonds is 5. The van der Waals surface area contributed by atoms with Crippen LogP contribution in [0.15, 0.2) is 42.9 Å². The van der Waals surface area contributed by atoms with Crippen LogP contribution in [0, 0.1) is 0 Å². The van der Waals surface area contributed by atoms with Crippen LogP contribution in [0.5, 0.6) is 0 Å². The Hall–Kier alpha value is -1.49. The van der Waals surface area contributed by atoms with E-state index in [1.807, 2.05) is 24.3 Å². The third-order valence-electron chi connectivity index (χ3n) is 2.55. The highest BCUT2D eigenvalue weighted by molar-refractivity contribution is 6.31. The molecular formula is C13H14ClN3O. The SMILES string of the molecule is OC(CNCc1ccncn1)c1ccccc1Cl. The predicted octanol–water partition coefficient (Wildman–Crippen LogP) is 1.95. The first-order valence-corrected chi connectivity index (χ1v) is 6.03. The van der Waals surface area contributed by atoms with Crippen LogP contribution in [-0.2, 0) is 6.54 Å². The summed E-state index contributed by atoms with van der Waals surface area (Å²) in [7, 11) is 0. The van der Waals surface area contributed by atoms with Crippen LogP contribution in [0.1, 0.15) is 17.4 Å². The van der Waals surface area contributed by atoms with E-state index < -0.39 is 6.10 Å². The maximum Gasteiger partial charge on any atom is 0.115 e. The Morgan fingerprint density at radius 2 is 2.11 bits per heavy atom. The van der Waals surface area contributed by atoms with E-state index in [0.29, 0.717) is 18.1 Å². The minimum absolute atomic E-state index is 0.424. The molecule has 0 aliphatic rings. The van der Waals surface area contributed by atoms with E-state index in [4.69, 9.17) is 11.6 Å². The highest BCUT2D eigenvalue weighted by Crippen LogP contribution is 2.21. The van der Waals surface area contributed by atoms with Crippen molar-refractivity contribution in [3.8, 4) is 0 Å². The van der Waals surface area contributed by atoms with Crippen LogP contribution in [-0.4, -0.2) is 21.6 Å². The molecule has 2 rings (SSSR count). The van der Waals surface area contributed by atoms with Gasteiger partial charge in [0.05, 0.1) is 11.8 Å². The van der Waals surface area contributed by atoms with Gasteiger partial charge in [-0.15, -0.1) is 0 Å². The van der Waals surface area contributed by atoms with Crippen molar-refractivity contribution >= 4 is 11.6 Å². The van der Waals surface area contributed by atoms with Gasteiger partial charge in [-0.05, 0) is 12.1 Å². The molecule has 0 spiro atoms. The molecule has 0 amide bonds. The smallest absolute Gasteiger partial charge is 0.115 e. The van der Waals surface area contributed by atoms with Gasteiger partial charge in [-0.2, -0.15) is 0 Å². The molecule has 0 aliphatic carbocycles. The topological polar surface area (TPSA) is 58.0 Å². The number of aromatic nitrogens is 2. The highest BCUT2D eigenvalue weighted by atomic mass is 35.5. The number of benzene rings is 1. The average Bonchev–Trinajstić information content (AvgIpc) is 2.40. The summed E-state index contributed by atoms with van der Waals surface area (Å²) in [6, 6.07) is 9.11. The van der Waals surface area contributed by atoms with Gasteiger partial charge in [0.25, 0.3) is 0 Å². The molecule has 5 heteroatoms. The number of nitrogens with one attached hydrogen (secondary N) is 1. The monoisotopic (exact) mass is 263 g/mol. The third-order valence-corrected chi connectivity index (χ3v) is 2.90. The number of aliphatic hydroxyl groups excluding tert-OH is 1. The summed E-state index contributed by atoms with van der Waals surface area (Å²) in [5, 5.41) is 13.7. The summed E-state index contributed by atoms with van der Waals surface area (Å²) in [6.45, 7) is 1.01. The summed E-state index contributed by atoms with van der Waals surface area (Å²) >= 11 is 6.01. The van der Waals surface area contributed by atoms with E-state index >= 15 is 0 Å². The zero-order valence-corrected chi connectivity index (χ0v) is 10.5. The molecule has 1 aromatic heterocycles. The van der Waals surface area contributed by atoms with Crippen molar-refractivity contribution in [1.29, 1.82) is 0 Å². The largest absolute Gasteiger partial charge is 0.387 e. The molecule has 1 atom stereocenters. The Labute approximate surface area is 111 Å². The van der Waals surface area contributed by atoms with Gasteiger partial charge < -0.3 is 10.4 Å². The van der Waals surface area contributed by atoms with Crippen molar-refractivity contribution in [3.63, 3.8) is 0 Å². The zero-order valence-electron chi connectivity index (χ0n) is 9.75. The summed E-state index contributed by atoms with van der Waals surface area (Å²) in [4.78, 5) is 7.93. The van der Waals surface area contributed by atoms with Gasteiger partial charge in [-0.1, -0.05) is 29.8 Å². The first kappa shape index (κ1) is 13.0. The lowest BCUT2D eigenvalue weighted by Crippen LogP contribution is -2.21. The first-order chi connectivity index (χ1) is 8.77. The molecule has 1 heterocycles. The van der Waals surface area contributed by atoms with E-state index in [1.165, 1.54) is 6.33 Å². The lowest BCUT2D eigenvalue weighted by atomic mass is 10.1. The normalized spacial score (nSPS) is 12.3. The molecule has 0 aliphatic heterocycles. The van der Waals surface area contributed by atoms with Crippen molar-refractivity contribution < 1.29 is 5.11 Å². The molecule has 94 valence electrons. The van der Waals surface area contributed by atoms with Crippen molar-refractivity contribution in [1.82, 2.24) is 15.3 Å². The van der Waals surface area contributed by atoms with E-state index in [-0.39, 0.29) is 0 Å². The fraction of sp³-hybridized carbons (Fsp3) is 0.231. The van der Waals surface area contributed by atoms with Crippen molar-refractivity contribution in [2.45, 2.75) is 12.6 Å². The van der Waals surface area contributed by atoms with Gasteiger partial charge in [0.2, 0.25) is 0 Å². The second kappa shape index (κ2) is 6.44. The Balaban J connectivity index is 1.86. The molecule has 2 N–H and O–H groups in total. The number of nitrogens with zero attached hydrogens (tertiary/aromatic N) is 2. The van der Waals surface area contributed by atoms with Gasteiger partial charge in [0, 0.05) is 29.9 Å². The van der Waals surface area contributed by atoms with Crippen LogP contribution in [0.3, 0.4) is 0 Å². The van der Waals surface area contributed by atoms with Crippen LogP contribution >= 0.6 is 11.6 Å². The Bertz CT molecular complexity index is 493. The van der Waals surface area contributed by atoms with Gasteiger partial charge in [0.15, 0.2) is 0 Å². The molecule has 0 saturated heterocycles.